The van der Waals surface area contributed by atoms with E-state index >= 15 is 0 Å². The molecule has 1 N–H and O–H groups in total. The van der Waals surface area contributed by atoms with Gasteiger partial charge >= 0.3 is 6.09 Å². The lowest BCUT2D eigenvalue weighted by Gasteiger charge is -2.19. The van der Waals surface area contributed by atoms with Gasteiger partial charge in [-0.1, -0.05) is 12.2 Å². The molecule has 1 aromatic rings. The SMILES string of the molecule is CN(C)c1ccc(C=CCCNC(=O)OC(C)(C)C)cn1. The van der Waals surface area contributed by atoms with Crippen LogP contribution >= 0.6 is 0 Å². The van der Waals surface area contributed by atoms with E-state index < -0.39 is 5.60 Å². The summed E-state index contributed by atoms with van der Waals surface area (Å²) in [4.78, 5) is 17.7. The molecule has 21 heavy (non-hydrogen) atoms. The lowest BCUT2D eigenvalue weighted by molar-refractivity contribution is 0.0529. The van der Waals surface area contributed by atoms with E-state index in [4.69, 9.17) is 4.74 Å². The van der Waals surface area contributed by atoms with Crippen LogP contribution in [-0.2, 0) is 4.74 Å². The Labute approximate surface area is 127 Å². The van der Waals surface area contributed by atoms with Gasteiger partial charge in [0.25, 0.3) is 0 Å². The van der Waals surface area contributed by atoms with Crippen LogP contribution in [0.2, 0.25) is 0 Å². The summed E-state index contributed by atoms with van der Waals surface area (Å²) >= 11 is 0. The standard InChI is InChI=1S/C16H25N3O2/c1-16(2,3)21-15(20)17-11-7-6-8-13-9-10-14(18-12-13)19(4)5/h6,8-10,12H,7,11H2,1-5H3,(H,17,20). The Balaban J connectivity index is 2.30. The van der Waals surface area contributed by atoms with E-state index in [2.05, 4.69) is 10.3 Å². The predicted molar refractivity (Wildman–Crippen MR) is 86.5 cm³/mol. The van der Waals surface area contributed by atoms with E-state index in [9.17, 15) is 4.79 Å². The van der Waals surface area contributed by atoms with Crippen molar-refractivity contribution in [3.63, 3.8) is 0 Å². The number of rotatable bonds is 5. The van der Waals surface area contributed by atoms with E-state index in [1.165, 1.54) is 0 Å². The van der Waals surface area contributed by atoms with Crippen molar-refractivity contribution in [3.05, 3.63) is 30.0 Å². The molecule has 1 heterocycles. The van der Waals surface area contributed by atoms with Crippen molar-refractivity contribution in [2.24, 2.45) is 0 Å². The van der Waals surface area contributed by atoms with Crippen LogP contribution in [-0.4, -0.2) is 37.3 Å². The summed E-state index contributed by atoms with van der Waals surface area (Å²) in [5.41, 5.74) is 0.581. The van der Waals surface area contributed by atoms with Crippen molar-refractivity contribution in [3.8, 4) is 0 Å². The van der Waals surface area contributed by atoms with Gasteiger partial charge in [0, 0.05) is 26.8 Å². The van der Waals surface area contributed by atoms with Crippen LogP contribution in [0.1, 0.15) is 32.8 Å². The summed E-state index contributed by atoms with van der Waals surface area (Å²) in [5.74, 6) is 0.929. The van der Waals surface area contributed by atoms with Crippen molar-refractivity contribution in [1.82, 2.24) is 10.3 Å². The number of pyridine rings is 1. The first kappa shape index (κ1) is 17.0. The number of alkyl carbamates (subject to hydrolysis) is 1. The highest BCUT2D eigenvalue weighted by atomic mass is 16.6. The van der Waals surface area contributed by atoms with Crippen molar-refractivity contribution < 1.29 is 9.53 Å². The van der Waals surface area contributed by atoms with E-state index in [-0.39, 0.29) is 6.09 Å². The Hall–Kier alpha value is -2.04. The largest absolute Gasteiger partial charge is 0.444 e. The zero-order valence-electron chi connectivity index (χ0n) is 13.5. The van der Waals surface area contributed by atoms with Crippen molar-refractivity contribution in [2.45, 2.75) is 32.8 Å². The van der Waals surface area contributed by atoms with Gasteiger partial charge < -0.3 is 15.0 Å². The van der Waals surface area contributed by atoms with Gasteiger partial charge in [-0.2, -0.15) is 0 Å². The molecule has 0 aliphatic carbocycles. The van der Waals surface area contributed by atoms with Crippen LogP contribution < -0.4 is 10.2 Å². The zero-order chi connectivity index (χ0) is 15.9. The second-order valence-corrected chi connectivity index (χ2v) is 5.96. The second kappa shape index (κ2) is 7.67. The summed E-state index contributed by atoms with van der Waals surface area (Å²) < 4.78 is 5.15. The van der Waals surface area contributed by atoms with Gasteiger partial charge in [0.2, 0.25) is 0 Å². The maximum atomic E-state index is 11.4. The number of ether oxygens (including phenoxy) is 1. The first-order chi connectivity index (χ1) is 9.78. The lowest BCUT2D eigenvalue weighted by Crippen LogP contribution is -2.32. The molecule has 5 nitrogen and oxygen atoms in total. The molecule has 0 aromatic carbocycles. The highest BCUT2D eigenvalue weighted by Crippen LogP contribution is 2.09. The maximum Gasteiger partial charge on any atom is 0.407 e. The Morgan fingerprint density at radius 3 is 2.62 bits per heavy atom. The normalized spacial score (nSPS) is 11.5. The molecule has 0 fully saturated rings. The van der Waals surface area contributed by atoms with Crippen LogP contribution in [0.3, 0.4) is 0 Å². The summed E-state index contributed by atoms with van der Waals surface area (Å²) in [6, 6.07) is 3.98. The third-order valence-electron chi connectivity index (χ3n) is 2.52. The summed E-state index contributed by atoms with van der Waals surface area (Å²) in [6.45, 7) is 6.08. The molecular formula is C16H25N3O2. The smallest absolute Gasteiger partial charge is 0.407 e. The molecule has 5 heteroatoms. The Bertz CT molecular complexity index is 473. The second-order valence-electron chi connectivity index (χ2n) is 5.96. The number of nitrogens with zero attached hydrogens (tertiary/aromatic N) is 2. The molecule has 0 aliphatic heterocycles. The summed E-state index contributed by atoms with van der Waals surface area (Å²) in [5, 5.41) is 2.71. The molecule has 0 aliphatic rings. The van der Waals surface area contributed by atoms with Crippen molar-refractivity contribution in [2.75, 3.05) is 25.5 Å². The van der Waals surface area contributed by atoms with Gasteiger partial charge in [0.05, 0.1) is 0 Å². The van der Waals surface area contributed by atoms with Crippen LogP contribution in [0.4, 0.5) is 10.6 Å². The molecular weight excluding hydrogens is 266 g/mol. The maximum absolute atomic E-state index is 11.4. The summed E-state index contributed by atoms with van der Waals surface area (Å²) in [7, 11) is 3.92. The molecule has 116 valence electrons. The van der Waals surface area contributed by atoms with Gasteiger partial charge in [0.1, 0.15) is 11.4 Å². The first-order valence-electron chi connectivity index (χ1n) is 7.05. The minimum Gasteiger partial charge on any atom is -0.444 e. The highest BCUT2D eigenvalue weighted by Gasteiger charge is 2.15. The molecule has 0 atom stereocenters. The fourth-order valence-electron chi connectivity index (χ4n) is 1.55. The summed E-state index contributed by atoms with van der Waals surface area (Å²) in [6.07, 6.45) is 6.18. The van der Waals surface area contributed by atoms with Crippen molar-refractivity contribution >= 4 is 18.0 Å². The molecule has 0 spiro atoms. The molecule has 0 saturated carbocycles. The zero-order valence-corrected chi connectivity index (χ0v) is 13.5. The van der Waals surface area contributed by atoms with Gasteiger partial charge in [0.15, 0.2) is 0 Å². The molecule has 1 aromatic heterocycles. The Morgan fingerprint density at radius 1 is 1.38 bits per heavy atom. The number of nitrogens with one attached hydrogen (secondary N) is 1. The monoisotopic (exact) mass is 291 g/mol. The third-order valence-corrected chi connectivity index (χ3v) is 2.52. The van der Waals surface area contributed by atoms with Crippen LogP contribution in [0.5, 0.6) is 0 Å². The molecule has 0 saturated heterocycles. The fourth-order valence-corrected chi connectivity index (χ4v) is 1.55. The number of carbonyl (C=O) groups excluding carboxylic acids is 1. The van der Waals surface area contributed by atoms with E-state index in [0.717, 1.165) is 17.8 Å². The minimum atomic E-state index is -0.459. The molecule has 1 amide bonds. The van der Waals surface area contributed by atoms with Crippen LogP contribution in [0.15, 0.2) is 24.4 Å². The van der Waals surface area contributed by atoms with Gasteiger partial charge in [-0.3, -0.25) is 0 Å². The Kier molecular flexibility index (Phi) is 6.21. The Morgan fingerprint density at radius 2 is 2.10 bits per heavy atom. The van der Waals surface area contributed by atoms with Gasteiger partial charge in [-0.25, -0.2) is 9.78 Å². The highest BCUT2D eigenvalue weighted by molar-refractivity contribution is 5.67. The van der Waals surface area contributed by atoms with Crippen LogP contribution in [0, 0.1) is 0 Å². The predicted octanol–water partition coefficient (Wildman–Crippen LogP) is 3.08. The lowest BCUT2D eigenvalue weighted by atomic mass is 10.2. The van der Waals surface area contributed by atoms with E-state index in [1.54, 1.807) is 0 Å². The number of amides is 1. The molecule has 1 rings (SSSR count). The topological polar surface area (TPSA) is 54.5 Å². The molecule has 0 bridgehead atoms. The number of carbonyl (C=O) groups is 1. The minimum absolute atomic E-state index is 0.382. The van der Waals surface area contributed by atoms with Crippen molar-refractivity contribution in [1.29, 1.82) is 0 Å². The number of aromatic nitrogens is 1. The average molecular weight is 291 g/mol. The van der Waals surface area contributed by atoms with E-state index in [0.29, 0.717) is 6.54 Å². The number of anilines is 1. The first-order valence-corrected chi connectivity index (χ1v) is 7.05. The van der Waals surface area contributed by atoms with Gasteiger partial charge in [-0.15, -0.1) is 0 Å². The number of hydrogen-bond donors (Lipinski definition) is 1. The average Bonchev–Trinajstić information content (AvgIpc) is 2.36. The number of hydrogen-bond acceptors (Lipinski definition) is 4. The van der Waals surface area contributed by atoms with Crippen LogP contribution in [0.25, 0.3) is 6.08 Å². The molecule has 0 unspecified atom stereocenters. The molecule has 0 radical (unpaired) electrons. The fraction of sp³-hybridized carbons (Fsp3) is 0.500. The third kappa shape index (κ3) is 7.34. The van der Waals surface area contributed by atoms with Gasteiger partial charge in [-0.05, 0) is 44.9 Å². The van der Waals surface area contributed by atoms with E-state index in [1.807, 2.05) is 70.2 Å². The quantitative estimate of drug-likeness (QED) is 0.847.